The fourth-order valence-corrected chi connectivity index (χ4v) is 4.01. The summed E-state index contributed by atoms with van der Waals surface area (Å²) in [5.41, 5.74) is 2.09. The van der Waals surface area contributed by atoms with Gasteiger partial charge in [0.05, 0.1) is 22.3 Å². The SMILES string of the molecule is COc1ccc2cc(CNC(=O)CCc3nc4ccccc4s3)ccc2c1. The molecule has 136 valence electrons. The predicted octanol–water partition coefficient (Wildman–Crippen LogP) is 4.71. The van der Waals surface area contributed by atoms with E-state index in [4.69, 9.17) is 4.74 Å². The van der Waals surface area contributed by atoms with E-state index in [0.29, 0.717) is 19.4 Å². The molecule has 1 heterocycles. The average Bonchev–Trinajstić information content (AvgIpc) is 3.13. The number of benzene rings is 3. The second-order valence-electron chi connectivity index (χ2n) is 6.40. The van der Waals surface area contributed by atoms with Crippen LogP contribution in [0.5, 0.6) is 5.75 Å². The molecule has 1 aromatic heterocycles. The number of nitrogens with zero attached hydrogens (tertiary/aromatic N) is 1. The number of hydrogen-bond donors (Lipinski definition) is 1. The number of rotatable bonds is 6. The molecule has 0 saturated carbocycles. The lowest BCUT2D eigenvalue weighted by molar-refractivity contribution is -0.121. The van der Waals surface area contributed by atoms with Crippen molar-refractivity contribution in [1.82, 2.24) is 10.3 Å². The van der Waals surface area contributed by atoms with Gasteiger partial charge >= 0.3 is 0 Å². The fraction of sp³-hybridized carbons (Fsp3) is 0.182. The topological polar surface area (TPSA) is 51.2 Å². The smallest absolute Gasteiger partial charge is 0.220 e. The van der Waals surface area contributed by atoms with Crippen LogP contribution in [0.15, 0.2) is 60.7 Å². The number of amides is 1. The number of hydrogen-bond acceptors (Lipinski definition) is 4. The van der Waals surface area contributed by atoms with Crippen LogP contribution in [0.2, 0.25) is 0 Å². The van der Waals surface area contributed by atoms with Crippen molar-refractivity contribution in [1.29, 1.82) is 0 Å². The second kappa shape index (κ2) is 7.76. The Morgan fingerprint density at radius 1 is 1.07 bits per heavy atom. The fourth-order valence-electron chi connectivity index (χ4n) is 3.05. The van der Waals surface area contributed by atoms with Crippen LogP contribution >= 0.6 is 11.3 Å². The lowest BCUT2D eigenvalue weighted by Gasteiger charge is -2.07. The first-order chi connectivity index (χ1) is 13.2. The van der Waals surface area contributed by atoms with Crippen molar-refractivity contribution in [3.8, 4) is 5.75 Å². The van der Waals surface area contributed by atoms with E-state index in [1.54, 1.807) is 18.4 Å². The van der Waals surface area contributed by atoms with E-state index in [9.17, 15) is 4.79 Å². The average molecular weight is 376 g/mol. The van der Waals surface area contributed by atoms with Gasteiger partial charge in [-0.1, -0.05) is 30.3 Å². The Labute approximate surface area is 161 Å². The summed E-state index contributed by atoms with van der Waals surface area (Å²) >= 11 is 1.66. The standard InChI is InChI=1S/C22H20N2O2S/c1-26-18-9-8-16-12-15(6-7-17(16)13-18)14-23-21(25)10-11-22-24-19-4-2-3-5-20(19)27-22/h2-9,12-13H,10-11,14H2,1H3,(H,23,25). The van der Waals surface area contributed by atoms with Gasteiger partial charge in [0.25, 0.3) is 0 Å². The van der Waals surface area contributed by atoms with Crippen LogP contribution in [0.3, 0.4) is 0 Å². The van der Waals surface area contributed by atoms with Crippen LogP contribution in [0, 0.1) is 0 Å². The van der Waals surface area contributed by atoms with Gasteiger partial charge in [-0.25, -0.2) is 4.98 Å². The molecule has 4 aromatic rings. The number of aromatic nitrogens is 1. The number of carbonyl (C=O) groups excluding carboxylic acids is 1. The van der Waals surface area contributed by atoms with Gasteiger partial charge in [-0.3, -0.25) is 4.79 Å². The minimum absolute atomic E-state index is 0.0454. The van der Waals surface area contributed by atoms with E-state index in [1.165, 1.54) is 4.70 Å². The minimum Gasteiger partial charge on any atom is -0.497 e. The zero-order valence-electron chi connectivity index (χ0n) is 15.1. The van der Waals surface area contributed by atoms with Crippen LogP contribution < -0.4 is 10.1 Å². The number of fused-ring (bicyclic) bond motifs is 2. The molecule has 0 atom stereocenters. The first kappa shape index (κ1) is 17.5. The van der Waals surface area contributed by atoms with Crippen molar-refractivity contribution < 1.29 is 9.53 Å². The quantitative estimate of drug-likeness (QED) is 0.530. The molecule has 0 unspecified atom stereocenters. The van der Waals surface area contributed by atoms with E-state index in [2.05, 4.69) is 28.5 Å². The molecule has 4 nitrogen and oxygen atoms in total. The number of methoxy groups -OCH3 is 1. The van der Waals surface area contributed by atoms with E-state index < -0.39 is 0 Å². The highest BCUT2D eigenvalue weighted by Crippen LogP contribution is 2.23. The highest BCUT2D eigenvalue weighted by atomic mass is 32.1. The zero-order valence-corrected chi connectivity index (χ0v) is 15.9. The monoisotopic (exact) mass is 376 g/mol. The summed E-state index contributed by atoms with van der Waals surface area (Å²) in [4.78, 5) is 16.8. The first-order valence-electron chi connectivity index (χ1n) is 8.89. The Balaban J connectivity index is 1.33. The van der Waals surface area contributed by atoms with E-state index in [0.717, 1.165) is 32.6 Å². The number of ether oxygens (including phenoxy) is 1. The first-order valence-corrected chi connectivity index (χ1v) is 9.71. The van der Waals surface area contributed by atoms with Crippen LogP contribution in [0.4, 0.5) is 0 Å². The van der Waals surface area contributed by atoms with E-state index >= 15 is 0 Å². The maximum Gasteiger partial charge on any atom is 0.220 e. The molecule has 27 heavy (non-hydrogen) atoms. The lowest BCUT2D eigenvalue weighted by atomic mass is 10.1. The minimum atomic E-state index is 0.0454. The Bertz CT molecular complexity index is 1070. The molecule has 0 aliphatic rings. The summed E-state index contributed by atoms with van der Waals surface area (Å²) in [5.74, 6) is 0.891. The zero-order chi connectivity index (χ0) is 18.6. The third-order valence-corrected chi connectivity index (χ3v) is 5.60. The molecular weight excluding hydrogens is 356 g/mol. The maximum absolute atomic E-state index is 12.2. The summed E-state index contributed by atoms with van der Waals surface area (Å²) in [6.45, 7) is 0.528. The molecule has 0 fully saturated rings. The number of nitrogens with one attached hydrogen (secondary N) is 1. The molecule has 1 N–H and O–H groups in total. The summed E-state index contributed by atoms with van der Waals surface area (Å²) in [7, 11) is 1.67. The van der Waals surface area contributed by atoms with Crippen LogP contribution in [-0.2, 0) is 17.8 Å². The number of thiazole rings is 1. The molecule has 0 aliphatic carbocycles. The molecule has 0 saturated heterocycles. The normalized spacial score (nSPS) is 11.0. The Kier molecular flexibility index (Phi) is 5.03. The predicted molar refractivity (Wildman–Crippen MR) is 110 cm³/mol. The van der Waals surface area contributed by atoms with Crippen LogP contribution in [0.1, 0.15) is 17.0 Å². The number of para-hydroxylation sites is 1. The summed E-state index contributed by atoms with van der Waals surface area (Å²) < 4.78 is 6.42. The van der Waals surface area contributed by atoms with Crippen molar-refractivity contribution in [2.24, 2.45) is 0 Å². The molecule has 4 rings (SSSR count). The van der Waals surface area contributed by atoms with Gasteiger partial charge in [-0.15, -0.1) is 11.3 Å². The van der Waals surface area contributed by atoms with E-state index in [1.807, 2.05) is 42.5 Å². The maximum atomic E-state index is 12.2. The van der Waals surface area contributed by atoms with Crippen LogP contribution in [0.25, 0.3) is 21.0 Å². The summed E-state index contributed by atoms with van der Waals surface area (Å²) in [6.07, 6.45) is 1.12. The molecule has 1 amide bonds. The van der Waals surface area contributed by atoms with Crippen molar-refractivity contribution >= 4 is 38.2 Å². The van der Waals surface area contributed by atoms with Crippen molar-refractivity contribution in [2.75, 3.05) is 7.11 Å². The molecule has 0 bridgehead atoms. The Morgan fingerprint density at radius 3 is 2.74 bits per heavy atom. The van der Waals surface area contributed by atoms with Crippen LogP contribution in [-0.4, -0.2) is 18.0 Å². The second-order valence-corrected chi connectivity index (χ2v) is 7.51. The van der Waals surface area contributed by atoms with Gasteiger partial charge in [0.1, 0.15) is 5.75 Å². The van der Waals surface area contributed by atoms with Gasteiger partial charge in [-0.2, -0.15) is 0 Å². The van der Waals surface area contributed by atoms with Gasteiger partial charge in [0.15, 0.2) is 0 Å². The van der Waals surface area contributed by atoms with Gasteiger partial charge in [0.2, 0.25) is 5.91 Å². The molecule has 0 spiro atoms. The van der Waals surface area contributed by atoms with Crippen molar-refractivity contribution in [3.05, 3.63) is 71.2 Å². The Morgan fingerprint density at radius 2 is 1.89 bits per heavy atom. The van der Waals surface area contributed by atoms with Gasteiger partial charge in [-0.05, 0) is 46.7 Å². The lowest BCUT2D eigenvalue weighted by Crippen LogP contribution is -2.22. The molecule has 3 aromatic carbocycles. The number of carbonyl (C=O) groups is 1. The van der Waals surface area contributed by atoms with Gasteiger partial charge < -0.3 is 10.1 Å². The van der Waals surface area contributed by atoms with Gasteiger partial charge in [0, 0.05) is 19.4 Å². The molecular formula is C22H20N2O2S. The summed E-state index contributed by atoms with van der Waals surface area (Å²) in [5, 5.41) is 6.27. The molecule has 0 radical (unpaired) electrons. The third-order valence-electron chi connectivity index (χ3n) is 4.51. The number of aryl methyl sites for hydroxylation is 1. The summed E-state index contributed by atoms with van der Waals surface area (Å²) in [6, 6.07) is 20.2. The largest absolute Gasteiger partial charge is 0.497 e. The van der Waals surface area contributed by atoms with E-state index in [-0.39, 0.29) is 5.91 Å². The van der Waals surface area contributed by atoms with Crippen molar-refractivity contribution in [2.45, 2.75) is 19.4 Å². The highest BCUT2D eigenvalue weighted by molar-refractivity contribution is 7.18. The molecule has 5 heteroatoms. The Hall–Kier alpha value is -2.92. The third kappa shape index (κ3) is 4.09. The van der Waals surface area contributed by atoms with Crippen molar-refractivity contribution in [3.63, 3.8) is 0 Å². The molecule has 0 aliphatic heterocycles. The highest BCUT2D eigenvalue weighted by Gasteiger charge is 2.07.